The van der Waals surface area contributed by atoms with E-state index in [1.807, 2.05) is 35.9 Å². The molecule has 1 aliphatic rings. The van der Waals surface area contributed by atoms with Gasteiger partial charge in [-0.3, -0.25) is 4.79 Å². The first-order chi connectivity index (χ1) is 9.25. The standard InChI is InChI=1S/C15H19N3O/c1-18-13-9-5-4-8-12(13)17-14(18)10-16-15(19)11-6-2-3-7-11/h4-5,8-9,11H,2-3,6-7,10H2,1H3,(H,16,19). The number of aromatic nitrogens is 2. The molecule has 1 fully saturated rings. The molecule has 1 N–H and O–H groups in total. The number of amides is 1. The van der Waals surface area contributed by atoms with Crippen LogP contribution in [0.1, 0.15) is 31.5 Å². The summed E-state index contributed by atoms with van der Waals surface area (Å²) < 4.78 is 2.05. The molecular weight excluding hydrogens is 238 g/mol. The number of aryl methyl sites for hydroxylation is 1. The molecule has 1 aromatic heterocycles. The van der Waals surface area contributed by atoms with E-state index in [1.54, 1.807) is 0 Å². The van der Waals surface area contributed by atoms with Crippen molar-refractivity contribution in [2.45, 2.75) is 32.2 Å². The summed E-state index contributed by atoms with van der Waals surface area (Å²) in [6.07, 6.45) is 4.44. The molecule has 4 heteroatoms. The first kappa shape index (κ1) is 12.2. The first-order valence-electron chi connectivity index (χ1n) is 6.94. The van der Waals surface area contributed by atoms with Crippen LogP contribution in [0.25, 0.3) is 11.0 Å². The third kappa shape index (κ3) is 2.35. The van der Waals surface area contributed by atoms with E-state index in [0.29, 0.717) is 6.54 Å². The van der Waals surface area contributed by atoms with Crippen LogP contribution in [-0.4, -0.2) is 15.5 Å². The molecule has 0 aliphatic heterocycles. The van der Waals surface area contributed by atoms with Crippen molar-refractivity contribution in [2.24, 2.45) is 13.0 Å². The molecular formula is C15H19N3O. The number of carbonyl (C=O) groups is 1. The second-order valence-electron chi connectivity index (χ2n) is 5.27. The molecule has 1 aromatic carbocycles. The Balaban J connectivity index is 1.71. The smallest absolute Gasteiger partial charge is 0.223 e. The molecule has 0 atom stereocenters. The van der Waals surface area contributed by atoms with Gasteiger partial charge < -0.3 is 9.88 Å². The summed E-state index contributed by atoms with van der Waals surface area (Å²) in [5.41, 5.74) is 2.09. The van der Waals surface area contributed by atoms with Gasteiger partial charge in [-0.1, -0.05) is 25.0 Å². The maximum absolute atomic E-state index is 12.0. The molecule has 1 aliphatic carbocycles. The Morgan fingerprint density at radius 3 is 2.84 bits per heavy atom. The van der Waals surface area contributed by atoms with Crippen molar-refractivity contribution in [2.75, 3.05) is 0 Å². The highest BCUT2D eigenvalue weighted by Gasteiger charge is 2.22. The van der Waals surface area contributed by atoms with E-state index in [-0.39, 0.29) is 11.8 Å². The van der Waals surface area contributed by atoms with Crippen LogP contribution in [0.4, 0.5) is 0 Å². The molecule has 100 valence electrons. The van der Waals surface area contributed by atoms with Gasteiger partial charge in [0.05, 0.1) is 17.6 Å². The molecule has 1 heterocycles. The van der Waals surface area contributed by atoms with Crippen molar-refractivity contribution >= 4 is 16.9 Å². The zero-order valence-corrected chi connectivity index (χ0v) is 11.2. The summed E-state index contributed by atoms with van der Waals surface area (Å²) >= 11 is 0. The summed E-state index contributed by atoms with van der Waals surface area (Å²) in [7, 11) is 1.99. The lowest BCUT2D eigenvalue weighted by Gasteiger charge is -2.10. The molecule has 3 rings (SSSR count). The fraction of sp³-hybridized carbons (Fsp3) is 0.467. The van der Waals surface area contributed by atoms with E-state index in [4.69, 9.17) is 0 Å². The zero-order valence-electron chi connectivity index (χ0n) is 11.2. The number of benzene rings is 1. The molecule has 2 aromatic rings. The minimum absolute atomic E-state index is 0.185. The Morgan fingerprint density at radius 2 is 2.11 bits per heavy atom. The minimum atomic E-state index is 0.185. The Bertz CT molecular complexity index is 596. The van der Waals surface area contributed by atoms with Crippen LogP contribution in [-0.2, 0) is 18.4 Å². The van der Waals surface area contributed by atoms with Gasteiger partial charge in [0.25, 0.3) is 0 Å². The highest BCUT2D eigenvalue weighted by molar-refractivity contribution is 5.79. The van der Waals surface area contributed by atoms with Crippen molar-refractivity contribution < 1.29 is 4.79 Å². The predicted molar refractivity (Wildman–Crippen MR) is 74.5 cm³/mol. The van der Waals surface area contributed by atoms with E-state index in [1.165, 1.54) is 12.8 Å². The highest BCUT2D eigenvalue weighted by Crippen LogP contribution is 2.24. The van der Waals surface area contributed by atoms with E-state index >= 15 is 0 Å². The van der Waals surface area contributed by atoms with Crippen molar-refractivity contribution in [1.29, 1.82) is 0 Å². The Labute approximate surface area is 112 Å². The maximum atomic E-state index is 12.0. The first-order valence-corrected chi connectivity index (χ1v) is 6.94. The van der Waals surface area contributed by atoms with E-state index in [9.17, 15) is 4.79 Å². The molecule has 4 nitrogen and oxygen atoms in total. The largest absolute Gasteiger partial charge is 0.349 e. The third-order valence-corrected chi connectivity index (χ3v) is 4.03. The average Bonchev–Trinajstić information content (AvgIpc) is 3.05. The summed E-state index contributed by atoms with van der Waals surface area (Å²) in [6.45, 7) is 0.514. The van der Waals surface area contributed by atoms with Gasteiger partial charge in [-0.15, -0.1) is 0 Å². The van der Waals surface area contributed by atoms with Crippen LogP contribution in [0.2, 0.25) is 0 Å². The van der Waals surface area contributed by atoms with E-state index in [0.717, 1.165) is 29.7 Å². The third-order valence-electron chi connectivity index (χ3n) is 4.03. The summed E-state index contributed by atoms with van der Waals surface area (Å²) in [4.78, 5) is 16.6. The summed E-state index contributed by atoms with van der Waals surface area (Å²) in [5, 5.41) is 3.02. The topological polar surface area (TPSA) is 46.9 Å². The molecule has 0 radical (unpaired) electrons. The van der Waals surface area contributed by atoms with Gasteiger partial charge in [0.1, 0.15) is 5.82 Å². The molecule has 0 spiro atoms. The molecule has 0 bridgehead atoms. The monoisotopic (exact) mass is 257 g/mol. The Kier molecular flexibility index (Phi) is 3.23. The lowest BCUT2D eigenvalue weighted by atomic mass is 10.1. The van der Waals surface area contributed by atoms with Crippen molar-refractivity contribution in [3.8, 4) is 0 Å². The van der Waals surface area contributed by atoms with Crippen LogP contribution in [0, 0.1) is 5.92 Å². The van der Waals surface area contributed by atoms with Crippen LogP contribution < -0.4 is 5.32 Å². The van der Waals surface area contributed by atoms with Gasteiger partial charge in [0.15, 0.2) is 0 Å². The number of nitrogens with one attached hydrogen (secondary N) is 1. The lowest BCUT2D eigenvalue weighted by molar-refractivity contribution is -0.125. The van der Waals surface area contributed by atoms with Crippen LogP contribution in [0.15, 0.2) is 24.3 Å². The fourth-order valence-corrected chi connectivity index (χ4v) is 2.85. The van der Waals surface area contributed by atoms with Crippen molar-refractivity contribution in [3.05, 3.63) is 30.1 Å². The number of rotatable bonds is 3. The normalized spacial score (nSPS) is 16.1. The Hall–Kier alpha value is -1.84. The molecule has 0 saturated heterocycles. The van der Waals surface area contributed by atoms with Crippen LogP contribution >= 0.6 is 0 Å². The molecule has 1 saturated carbocycles. The summed E-state index contributed by atoms with van der Waals surface area (Å²) in [5.74, 6) is 1.31. The predicted octanol–water partition coefficient (Wildman–Crippen LogP) is 2.38. The number of hydrogen-bond acceptors (Lipinski definition) is 2. The molecule has 1 amide bonds. The van der Waals surface area contributed by atoms with Crippen molar-refractivity contribution in [1.82, 2.24) is 14.9 Å². The van der Waals surface area contributed by atoms with E-state index in [2.05, 4.69) is 10.3 Å². The van der Waals surface area contributed by atoms with Gasteiger partial charge in [-0.05, 0) is 25.0 Å². The second-order valence-corrected chi connectivity index (χ2v) is 5.27. The summed E-state index contributed by atoms with van der Waals surface area (Å²) in [6, 6.07) is 8.03. The number of fused-ring (bicyclic) bond motifs is 1. The quantitative estimate of drug-likeness (QED) is 0.917. The highest BCUT2D eigenvalue weighted by atomic mass is 16.1. The average molecular weight is 257 g/mol. The number of carbonyl (C=O) groups excluding carboxylic acids is 1. The number of imidazole rings is 1. The van der Waals surface area contributed by atoms with Gasteiger partial charge in [0, 0.05) is 13.0 Å². The van der Waals surface area contributed by atoms with Crippen molar-refractivity contribution in [3.63, 3.8) is 0 Å². The number of hydrogen-bond donors (Lipinski definition) is 1. The second kappa shape index (κ2) is 5.03. The SMILES string of the molecule is Cn1c(CNC(=O)C2CCCC2)nc2ccccc21. The molecule has 19 heavy (non-hydrogen) atoms. The Morgan fingerprint density at radius 1 is 1.37 bits per heavy atom. The van der Waals surface area contributed by atoms with Gasteiger partial charge in [-0.2, -0.15) is 0 Å². The minimum Gasteiger partial charge on any atom is -0.349 e. The number of para-hydroxylation sites is 2. The number of nitrogens with zero attached hydrogens (tertiary/aromatic N) is 2. The molecule has 0 unspecified atom stereocenters. The fourth-order valence-electron chi connectivity index (χ4n) is 2.85. The van der Waals surface area contributed by atoms with Gasteiger partial charge in [0.2, 0.25) is 5.91 Å². The zero-order chi connectivity index (χ0) is 13.2. The van der Waals surface area contributed by atoms with Crippen LogP contribution in [0.5, 0.6) is 0 Å². The maximum Gasteiger partial charge on any atom is 0.223 e. The van der Waals surface area contributed by atoms with Gasteiger partial charge >= 0.3 is 0 Å². The van der Waals surface area contributed by atoms with Crippen LogP contribution in [0.3, 0.4) is 0 Å². The lowest BCUT2D eigenvalue weighted by Crippen LogP contribution is -2.29. The van der Waals surface area contributed by atoms with E-state index < -0.39 is 0 Å². The van der Waals surface area contributed by atoms with Gasteiger partial charge in [-0.25, -0.2) is 4.98 Å².